The van der Waals surface area contributed by atoms with Crippen LogP contribution in [0.3, 0.4) is 0 Å². The van der Waals surface area contributed by atoms with E-state index in [9.17, 15) is 18.0 Å². The fourth-order valence-corrected chi connectivity index (χ4v) is 1.75. The molecule has 0 spiro atoms. The second-order valence-electron chi connectivity index (χ2n) is 4.26. The summed E-state index contributed by atoms with van der Waals surface area (Å²) in [7, 11) is 0. The molecule has 2 nitrogen and oxygen atoms in total. The molecule has 0 aliphatic carbocycles. The van der Waals surface area contributed by atoms with E-state index in [0.29, 0.717) is 6.42 Å². The molecule has 0 saturated carbocycles. The normalized spacial score (nSPS) is 10.3. The molecule has 0 heterocycles. The predicted octanol–water partition coefficient (Wildman–Crippen LogP) is 3.08. The number of benzene rings is 2. The predicted molar refractivity (Wildman–Crippen MR) is 68.8 cm³/mol. The molecule has 1 N–H and O–H groups in total. The fourth-order valence-electron chi connectivity index (χ4n) is 1.75. The van der Waals surface area contributed by atoms with Crippen LogP contribution in [0.25, 0.3) is 0 Å². The highest BCUT2D eigenvalue weighted by Gasteiger charge is 2.09. The van der Waals surface area contributed by atoms with E-state index in [-0.39, 0.29) is 17.9 Å². The van der Waals surface area contributed by atoms with Gasteiger partial charge in [-0.1, -0.05) is 12.1 Å². The number of carbonyl (C=O) groups excluding carboxylic acids is 1. The monoisotopic (exact) mass is 279 g/mol. The van der Waals surface area contributed by atoms with Gasteiger partial charge in [-0.3, -0.25) is 4.79 Å². The molecule has 5 heteroatoms. The van der Waals surface area contributed by atoms with E-state index in [1.807, 2.05) is 0 Å². The van der Waals surface area contributed by atoms with Crippen molar-refractivity contribution in [1.29, 1.82) is 0 Å². The summed E-state index contributed by atoms with van der Waals surface area (Å²) in [5.41, 5.74) is 0.790. The van der Waals surface area contributed by atoms with Gasteiger partial charge in [0.15, 0.2) is 11.6 Å². The molecule has 104 valence electrons. The van der Waals surface area contributed by atoms with Crippen molar-refractivity contribution in [2.45, 2.75) is 6.42 Å². The molecule has 0 unspecified atom stereocenters. The number of rotatable bonds is 4. The van der Waals surface area contributed by atoms with Crippen LogP contribution < -0.4 is 5.32 Å². The maximum atomic E-state index is 13.0. The summed E-state index contributed by atoms with van der Waals surface area (Å²) in [6, 6.07) is 8.99. The van der Waals surface area contributed by atoms with Crippen molar-refractivity contribution in [3.63, 3.8) is 0 Å². The van der Waals surface area contributed by atoms with Gasteiger partial charge in [0.25, 0.3) is 5.91 Å². The first kappa shape index (κ1) is 14.1. The van der Waals surface area contributed by atoms with Crippen LogP contribution in [0.15, 0.2) is 42.5 Å². The summed E-state index contributed by atoms with van der Waals surface area (Å²) in [5.74, 6) is -2.90. The average Bonchev–Trinajstić information content (AvgIpc) is 2.42. The Morgan fingerprint density at radius 2 is 1.80 bits per heavy atom. The zero-order chi connectivity index (χ0) is 14.5. The smallest absolute Gasteiger partial charge is 0.251 e. The van der Waals surface area contributed by atoms with Crippen molar-refractivity contribution in [3.05, 3.63) is 71.0 Å². The van der Waals surface area contributed by atoms with Gasteiger partial charge in [-0.05, 0) is 42.3 Å². The van der Waals surface area contributed by atoms with Crippen molar-refractivity contribution < 1.29 is 18.0 Å². The third kappa shape index (κ3) is 3.60. The van der Waals surface area contributed by atoms with Crippen LogP contribution in [0, 0.1) is 17.5 Å². The maximum absolute atomic E-state index is 13.0. The number of carbonyl (C=O) groups is 1. The third-order valence-electron chi connectivity index (χ3n) is 2.77. The summed E-state index contributed by atoms with van der Waals surface area (Å²) in [6.45, 7) is 0.279. The molecule has 2 rings (SSSR count). The van der Waals surface area contributed by atoms with Gasteiger partial charge in [0.1, 0.15) is 5.82 Å². The summed E-state index contributed by atoms with van der Waals surface area (Å²) in [6.07, 6.45) is 0.452. The molecule has 0 atom stereocenters. The largest absolute Gasteiger partial charge is 0.352 e. The summed E-state index contributed by atoms with van der Waals surface area (Å²) in [5, 5.41) is 2.56. The second kappa shape index (κ2) is 6.23. The van der Waals surface area contributed by atoms with Gasteiger partial charge in [-0.2, -0.15) is 0 Å². The highest BCUT2D eigenvalue weighted by Crippen LogP contribution is 2.08. The number of nitrogens with one attached hydrogen (secondary N) is 1. The van der Waals surface area contributed by atoms with Crippen molar-refractivity contribution in [2.24, 2.45) is 0 Å². The average molecular weight is 279 g/mol. The summed E-state index contributed by atoms with van der Waals surface area (Å²) in [4.78, 5) is 11.7. The van der Waals surface area contributed by atoms with Crippen molar-refractivity contribution in [1.82, 2.24) is 5.32 Å². The minimum absolute atomic E-state index is 0.0446. The van der Waals surface area contributed by atoms with E-state index in [4.69, 9.17) is 0 Å². The van der Waals surface area contributed by atoms with E-state index in [1.54, 1.807) is 12.1 Å². The minimum atomic E-state index is -1.07. The Labute approximate surface area is 114 Å². The molecule has 0 aromatic heterocycles. The lowest BCUT2D eigenvalue weighted by Gasteiger charge is -2.06. The van der Waals surface area contributed by atoms with E-state index in [2.05, 4.69) is 5.32 Å². The molecule has 2 aromatic rings. The molecular formula is C15H12F3NO. The van der Waals surface area contributed by atoms with E-state index >= 15 is 0 Å². The number of amides is 1. The number of hydrogen-bond acceptors (Lipinski definition) is 1. The molecule has 0 aliphatic rings. The first-order valence-electron chi connectivity index (χ1n) is 6.04. The van der Waals surface area contributed by atoms with Gasteiger partial charge >= 0.3 is 0 Å². The number of halogens is 3. The molecule has 0 fully saturated rings. The Balaban J connectivity index is 1.90. The Hall–Kier alpha value is -2.30. The molecule has 1 amide bonds. The highest BCUT2D eigenvalue weighted by molar-refractivity contribution is 5.94. The van der Waals surface area contributed by atoms with Gasteiger partial charge in [-0.15, -0.1) is 0 Å². The van der Waals surface area contributed by atoms with Gasteiger partial charge in [-0.25, -0.2) is 13.2 Å². The maximum Gasteiger partial charge on any atom is 0.251 e. The summed E-state index contributed by atoms with van der Waals surface area (Å²) < 4.78 is 38.6. The molecular weight excluding hydrogens is 267 g/mol. The summed E-state index contributed by atoms with van der Waals surface area (Å²) >= 11 is 0. The Kier molecular flexibility index (Phi) is 4.40. The Bertz CT molecular complexity index is 628. The number of hydrogen-bond donors (Lipinski definition) is 1. The van der Waals surface area contributed by atoms with Gasteiger partial charge in [0.2, 0.25) is 0 Å². The van der Waals surface area contributed by atoms with Gasteiger partial charge < -0.3 is 5.32 Å². The standard InChI is InChI=1S/C15H12F3NO/c16-12-3-1-2-10(8-12)6-7-19-15(20)11-4-5-13(17)14(18)9-11/h1-5,8-9H,6-7H2,(H,19,20). The molecule has 2 aromatic carbocycles. The van der Waals surface area contributed by atoms with E-state index < -0.39 is 17.5 Å². The van der Waals surface area contributed by atoms with Gasteiger partial charge in [0.05, 0.1) is 0 Å². The Morgan fingerprint density at radius 1 is 1.00 bits per heavy atom. The second-order valence-corrected chi connectivity index (χ2v) is 4.26. The topological polar surface area (TPSA) is 29.1 Å². The first-order valence-corrected chi connectivity index (χ1v) is 6.04. The molecule has 0 radical (unpaired) electrons. The first-order chi connectivity index (χ1) is 9.56. The molecule has 0 aliphatic heterocycles. The van der Waals surface area contributed by atoms with E-state index in [0.717, 1.165) is 17.7 Å². The van der Waals surface area contributed by atoms with Crippen LogP contribution in [-0.2, 0) is 6.42 Å². The zero-order valence-corrected chi connectivity index (χ0v) is 10.5. The Morgan fingerprint density at radius 3 is 2.50 bits per heavy atom. The van der Waals surface area contributed by atoms with Crippen molar-refractivity contribution >= 4 is 5.91 Å². The quantitative estimate of drug-likeness (QED) is 0.915. The van der Waals surface area contributed by atoms with Crippen molar-refractivity contribution in [3.8, 4) is 0 Å². The van der Waals surface area contributed by atoms with Crippen LogP contribution >= 0.6 is 0 Å². The molecule has 0 bridgehead atoms. The zero-order valence-electron chi connectivity index (χ0n) is 10.5. The molecule has 20 heavy (non-hydrogen) atoms. The van der Waals surface area contributed by atoms with Crippen LogP contribution in [-0.4, -0.2) is 12.5 Å². The van der Waals surface area contributed by atoms with Gasteiger partial charge in [0, 0.05) is 12.1 Å². The van der Waals surface area contributed by atoms with Crippen LogP contribution in [0.2, 0.25) is 0 Å². The lowest BCUT2D eigenvalue weighted by Crippen LogP contribution is -2.25. The fraction of sp³-hybridized carbons (Fsp3) is 0.133. The lowest BCUT2D eigenvalue weighted by molar-refractivity contribution is 0.0953. The van der Waals surface area contributed by atoms with Crippen LogP contribution in [0.5, 0.6) is 0 Å². The molecule has 0 saturated heterocycles. The SMILES string of the molecule is O=C(NCCc1cccc(F)c1)c1ccc(F)c(F)c1. The van der Waals surface area contributed by atoms with Crippen LogP contribution in [0.1, 0.15) is 15.9 Å². The van der Waals surface area contributed by atoms with Crippen molar-refractivity contribution in [2.75, 3.05) is 6.54 Å². The highest BCUT2D eigenvalue weighted by atomic mass is 19.2. The minimum Gasteiger partial charge on any atom is -0.352 e. The third-order valence-corrected chi connectivity index (χ3v) is 2.77. The van der Waals surface area contributed by atoms with Crippen LogP contribution in [0.4, 0.5) is 13.2 Å². The van der Waals surface area contributed by atoms with E-state index in [1.165, 1.54) is 18.2 Å². The lowest BCUT2D eigenvalue weighted by atomic mass is 10.1.